The van der Waals surface area contributed by atoms with Gasteiger partial charge in [0.05, 0.1) is 0 Å². The second-order valence-corrected chi connectivity index (χ2v) is 4.73. The number of unbranched alkanes of at least 4 members (excludes halogenated alkanes) is 2. The van der Waals surface area contributed by atoms with Crippen molar-refractivity contribution in [1.82, 2.24) is 5.32 Å². The molecular formula is C15H25ClN2O2. The van der Waals surface area contributed by atoms with Crippen LogP contribution in [0.3, 0.4) is 0 Å². The minimum Gasteiger partial charge on any atom is -0.385 e. The van der Waals surface area contributed by atoms with Gasteiger partial charge in [-0.25, -0.2) is 0 Å². The number of hydrogen-bond acceptors (Lipinski definition) is 3. The zero-order valence-corrected chi connectivity index (χ0v) is 13.0. The van der Waals surface area contributed by atoms with Crippen LogP contribution >= 0.6 is 12.4 Å². The van der Waals surface area contributed by atoms with Crippen LogP contribution in [-0.4, -0.2) is 26.2 Å². The lowest BCUT2D eigenvalue weighted by Gasteiger charge is -2.12. The molecule has 1 unspecified atom stereocenters. The molecule has 0 spiro atoms. The molecule has 0 heterocycles. The maximum atomic E-state index is 11.9. The highest BCUT2D eigenvalue weighted by Crippen LogP contribution is 2.11. The predicted octanol–water partition coefficient (Wildman–Crippen LogP) is 2.35. The van der Waals surface area contributed by atoms with Gasteiger partial charge in [0, 0.05) is 20.3 Å². The summed E-state index contributed by atoms with van der Waals surface area (Å²) >= 11 is 0. The van der Waals surface area contributed by atoms with Crippen molar-refractivity contribution in [2.24, 2.45) is 5.73 Å². The molecule has 1 atom stereocenters. The maximum absolute atomic E-state index is 11.9. The number of nitrogens with two attached hydrogens (primary N) is 1. The fourth-order valence-corrected chi connectivity index (χ4v) is 1.79. The number of benzene rings is 1. The van der Waals surface area contributed by atoms with E-state index in [1.165, 1.54) is 0 Å². The Morgan fingerprint density at radius 1 is 1.25 bits per heavy atom. The van der Waals surface area contributed by atoms with Gasteiger partial charge in [-0.3, -0.25) is 4.79 Å². The van der Waals surface area contributed by atoms with Gasteiger partial charge in [0.1, 0.15) is 6.04 Å². The number of ether oxygens (including phenoxy) is 1. The quantitative estimate of drug-likeness (QED) is 0.724. The Morgan fingerprint density at radius 3 is 2.50 bits per heavy atom. The molecule has 1 aromatic rings. The van der Waals surface area contributed by atoms with Gasteiger partial charge in [0.2, 0.25) is 5.91 Å². The Morgan fingerprint density at radius 2 is 1.90 bits per heavy atom. The van der Waals surface area contributed by atoms with E-state index in [1.54, 1.807) is 7.11 Å². The molecule has 1 rings (SSSR count). The topological polar surface area (TPSA) is 64.3 Å². The number of methoxy groups -OCH3 is 1. The molecule has 1 amide bonds. The van der Waals surface area contributed by atoms with Crippen LogP contribution in [0.2, 0.25) is 0 Å². The summed E-state index contributed by atoms with van der Waals surface area (Å²) in [6.07, 6.45) is 3.03. The van der Waals surface area contributed by atoms with Crippen molar-refractivity contribution in [2.45, 2.75) is 32.2 Å². The monoisotopic (exact) mass is 300 g/mol. The Hall–Kier alpha value is -1.10. The van der Waals surface area contributed by atoms with Gasteiger partial charge in [0.25, 0.3) is 0 Å². The van der Waals surface area contributed by atoms with Gasteiger partial charge in [-0.2, -0.15) is 0 Å². The standard InChI is InChI=1S/C15H24N2O2.ClH/c1-12-6-8-13(9-7-12)14(16)15(18)17-10-4-3-5-11-19-2;/h6-9,14H,3-5,10-11,16H2,1-2H3,(H,17,18);1H. The Bertz CT molecular complexity index is 382. The van der Waals surface area contributed by atoms with Gasteiger partial charge in [-0.05, 0) is 31.7 Å². The molecule has 0 saturated carbocycles. The normalized spacial score (nSPS) is 11.6. The number of carbonyl (C=O) groups is 1. The smallest absolute Gasteiger partial charge is 0.241 e. The van der Waals surface area contributed by atoms with Gasteiger partial charge in [-0.15, -0.1) is 12.4 Å². The first-order chi connectivity index (χ1) is 9.15. The third-order valence-corrected chi connectivity index (χ3v) is 3.04. The first-order valence-corrected chi connectivity index (χ1v) is 6.74. The summed E-state index contributed by atoms with van der Waals surface area (Å²) in [5.74, 6) is -0.115. The van der Waals surface area contributed by atoms with E-state index in [0.29, 0.717) is 6.54 Å². The Balaban J connectivity index is 0.00000361. The lowest BCUT2D eigenvalue weighted by molar-refractivity contribution is -0.122. The maximum Gasteiger partial charge on any atom is 0.241 e. The van der Waals surface area contributed by atoms with Crippen LogP contribution < -0.4 is 11.1 Å². The van der Waals surface area contributed by atoms with Gasteiger partial charge in [0.15, 0.2) is 0 Å². The van der Waals surface area contributed by atoms with Gasteiger partial charge >= 0.3 is 0 Å². The molecule has 0 bridgehead atoms. The minimum atomic E-state index is -0.584. The highest BCUT2D eigenvalue weighted by molar-refractivity contribution is 5.85. The first-order valence-electron chi connectivity index (χ1n) is 6.74. The third-order valence-electron chi connectivity index (χ3n) is 3.04. The number of rotatable bonds is 8. The lowest BCUT2D eigenvalue weighted by atomic mass is 10.1. The van der Waals surface area contributed by atoms with E-state index in [1.807, 2.05) is 31.2 Å². The summed E-state index contributed by atoms with van der Waals surface area (Å²) in [4.78, 5) is 11.9. The summed E-state index contributed by atoms with van der Waals surface area (Å²) in [7, 11) is 1.70. The molecule has 4 nitrogen and oxygen atoms in total. The van der Waals surface area contributed by atoms with Crippen LogP contribution in [0.4, 0.5) is 0 Å². The summed E-state index contributed by atoms with van der Waals surface area (Å²) < 4.78 is 4.97. The molecule has 0 radical (unpaired) electrons. The van der Waals surface area contributed by atoms with E-state index in [9.17, 15) is 4.79 Å². The van der Waals surface area contributed by atoms with E-state index in [2.05, 4.69) is 5.32 Å². The molecular weight excluding hydrogens is 276 g/mol. The van der Waals surface area contributed by atoms with Crippen molar-refractivity contribution in [1.29, 1.82) is 0 Å². The highest BCUT2D eigenvalue weighted by atomic mass is 35.5. The van der Waals surface area contributed by atoms with Gasteiger partial charge in [-0.1, -0.05) is 29.8 Å². The fraction of sp³-hybridized carbons (Fsp3) is 0.533. The van der Waals surface area contributed by atoms with Crippen molar-refractivity contribution in [3.63, 3.8) is 0 Å². The molecule has 1 aromatic carbocycles. The number of aryl methyl sites for hydroxylation is 1. The van der Waals surface area contributed by atoms with E-state index >= 15 is 0 Å². The minimum absolute atomic E-state index is 0. The molecule has 0 aliphatic heterocycles. The van der Waals surface area contributed by atoms with E-state index in [4.69, 9.17) is 10.5 Å². The molecule has 5 heteroatoms. The average molecular weight is 301 g/mol. The molecule has 114 valence electrons. The van der Waals surface area contributed by atoms with Crippen molar-refractivity contribution < 1.29 is 9.53 Å². The summed E-state index contributed by atoms with van der Waals surface area (Å²) in [6, 6.07) is 7.15. The average Bonchev–Trinajstić information content (AvgIpc) is 2.42. The third kappa shape index (κ3) is 6.89. The fourth-order valence-electron chi connectivity index (χ4n) is 1.79. The van der Waals surface area contributed by atoms with Crippen LogP contribution in [-0.2, 0) is 9.53 Å². The van der Waals surface area contributed by atoms with Crippen molar-refractivity contribution >= 4 is 18.3 Å². The van der Waals surface area contributed by atoms with Crippen LogP contribution in [0.1, 0.15) is 36.4 Å². The van der Waals surface area contributed by atoms with Crippen molar-refractivity contribution in [2.75, 3.05) is 20.3 Å². The molecule has 0 saturated heterocycles. The summed E-state index contributed by atoms with van der Waals surface area (Å²) in [5, 5.41) is 2.87. The molecule has 3 N–H and O–H groups in total. The van der Waals surface area contributed by atoms with Gasteiger partial charge < -0.3 is 15.8 Å². The number of amides is 1. The van der Waals surface area contributed by atoms with Crippen LogP contribution in [0.5, 0.6) is 0 Å². The number of nitrogens with one attached hydrogen (secondary N) is 1. The predicted molar refractivity (Wildman–Crippen MR) is 84.1 cm³/mol. The Labute approximate surface area is 127 Å². The molecule has 0 fully saturated rings. The second kappa shape index (κ2) is 10.7. The Kier molecular flexibility index (Phi) is 10.1. The zero-order valence-electron chi connectivity index (χ0n) is 12.2. The first kappa shape index (κ1) is 18.9. The molecule has 0 aromatic heterocycles. The van der Waals surface area contributed by atoms with E-state index in [0.717, 1.165) is 37.0 Å². The number of halogens is 1. The lowest BCUT2D eigenvalue weighted by Crippen LogP contribution is -2.34. The largest absolute Gasteiger partial charge is 0.385 e. The zero-order chi connectivity index (χ0) is 14.1. The van der Waals surface area contributed by atoms with E-state index in [-0.39, 0.29) is 18.3 Å². The van der Waals surface area contributed by atoms with Crippen LogP contribution in [0.25, 0.3) is 0 Å². The van der Waals surface area contributed by atoms with Crippen molar-refractivity contribution in [3.05, 3.63) is 35.4 Å². The van der Waals surface area contributed by atoms with Crippen molar-refractivity contribution in [3.8, 4) is 0 Å². The molecule has 0 aliphatic carbocycles. The van der Waals surface area contributed by atoms with Crippen LogP contribution in [0.15, 0.2) is 24.3 Å². The summed E-state index contributed by atoms with van der Waals surface area (Å²) in [6.45, 7) is 3.45. The summed E-state index contributed by atoms with van der Waals surface area (Å²) in [5.41, 5.74) is 7.93. The number of hydrogen-bond donors (Lipinski definition) is 2. The second-order valence-electron chi connectivity index (χ2n) is 4.73. The van der Waals surface area contributed by atoms with E-state index < -0.39 is 6.04 Å². The number of carbonyl (C=O) groups excluding carboxylic acids is 1. The SMILES string of the molecule is COCCCCCNC(=O)C(N)c1ccc(C)cc1.Cl. The highest BCUT2D eigenvalue weighted by Gasteiger charge is 2.14. The molecule has 20 heavy (non-hydrogen) atoms. The van der Waals surface area contributed by atoms with Crippen LogP contribution in [0, 0.1) is 6.92 Å². The molecule has 0 aliphatic rings.